The average Bonchev–Trinajstić information content (AvgIpc) is 2.83. The van der Waals surface area contributed by atoms with Crippen molar-refractivity contribution in [3.05, 3.63) is 82.3 Å². The summed E-state index contributed by atoms with van der Waals surface area (Å²) in [4.78, 5) is 24.3. The van der Waals surface area contributed by atoms with Gasteiger partial charge in [0.2, 0.25) is 0 Å². The van der Waals surface area contributed by atoms with E-state index in [1.807, 2.05) is 6.07 Å². The van der Waals surface area contributed by atoms with Crippen molar-refractivity contribution in [1.82, 2.24) is 5.43 Å². The highest BCUT2D eigenvalue weighted by molar-refractivity contribution is 9.10. The van der Waals surface area contributed by atoms with E-state index in [1.165, 1.54) is 13.3 Å². The first-order chi connectivity index (χ1) is 16.0. The summed E-state index contributed by atoms with van der Waals surface area (Å²) < 4.78 is 22.0. The molecule has 3 aromatic carbocycles. The van der Waals surface area contributed by atoms with Gasteiger partial charge in [0, 0.05) is 4.47 Å². The number of carbonyl (C=O) groups is 2. The van der Waals surface area contributed by atoms with Crippen molar-refractivity contribution in [3.63, 3.8) is 0 Å². The van der Waals surface area contributed by atoms with Crippen molar-refractivity contribution in [2.24, 2.45) is 5.10 Å². The van der Waals surface area contributed by atoms with Gasteiger partial charge in [-0.2, -0.15) is 5.10 Å². The Bertz CT molecular complexity index is 1150. The molecule has 0 bridgehead atoms. The van der Waals surface area contributed by atoms with Crippen LogP contribution in [0.15, 0.2) is 76.3 Å². The van der Waals surface area contributed by atoms with Crippen LogP contribution in [-0.2, 0) is 4.79 Å². The minimum absolute atomic E-state index is 0.197. The van der Waals surface area contributed by atoms with Crippen LogP contribution in [0.4, 0.5) is 0 Å². The number of amides is 1. The van der Waals surface area contributed by atoms with E-state index in [1.54, 1.807) is 67.8 Å². The first-order valence-corrected chi connectivity index (χ1v) is 10.5. The summed E-state index contributed by atoms with van der Waals surface area (Å²) in [6.45, 7) is -0.197. The molecule has 0 aliphatic heterocycles. The Morgan fingerprint density at radius 1 is 0.939 bits per heavy atom. The lowest BCUT2D eigenvalue weighted by Crippen LogP contribution is -2.24. The highest BCUT2D eigenvalue weighted by Gasteiger charge is 2.13. The second-order valence-corrected chi connectivity index (χ2v) is 7.48. The summed E-state index contributed by atoms with van der Waals surface area (Å²) in [5, 5.41) is 3.91. The predicted octanol–water partition coefficient (Wildman–Crippen LogP) is 4.21. The highest BCUT2D eigenvalue weighted by atomic mass is 79.9. The molecule has 0 fully saturated rings. The largest absolute Gasteiger partial charge is 0.497 e. The molecule has 8 nitrogen and oxygen atoms in total. The Morgan fingerprint density at radius 2 is 1.70 bits per heavy atom. The molecule has 0 saturated carbocycles. The summed E-state index contributed by atoms with van der Waals surface area (Å²) in [5.41, 5.74) is 3.41. The number of nitrogens with zero attached hydrogens (tertiary/aromatic N) is 1. The molecule has 3 rings (SSSR count). The van der Waals surface area contributed by atoms with Gasteiger partial charge in [-0.1, -0.05) is 22.0 Å². The van der Waals surface area contributed by atoms with Gasteiger partial charge in [-0.25, -0.2) is 10.2 Å². The summed E-state index contributed by atoms with van der Waals surface area (Å²) in [6.07, 6.45) is 1.44. The molecular weight excluding hydrogens is 492 g/mol. The zero-order valence-corrected chi connectivity index (χ0v) is 19.5. The Balaban J connectivity index is 1.55. The van der Waals surface area contributed by atoms with Crippen LogP contribution in [0.3, 0.4) is 0 Å². The van der Waals surface area contributed by atoms with Crippen molar-refractivity contribution in [2.45, 2.75) is 0 Å². The van der Waals surface area contributed by atoms with Crippen molar-refractivity contribution >= 4 is 34.0 Å². The van der Waals surface area contributed by atoms with Gasteiger partial charge >= 0.3 is 5.97 Å². The van der Waals surface area contributed by atoms with Crippen LogP contribution in [0.2, 0.25) is 0 Å². The zero-order chi connectivity index (χ0) is 23.6. The predicted molar refractivity (Wildman–Crippen MR) is 126 cm³/mol. The molecule has 0 heterocycles. The molecule has 0 aliphatic carbocycles. The third-order valence-electron chi connectivity index (χ3n) is 4.28. The van der Waals surface area contributed by atoms with Crippen LogP contribution < -0.4 is 24.4 Å². The fourth-order valence-electron chi connectivity index (χ4n) is 2.65. The summed E-state index contributed by atoms with van der Waals surface area (Å²) >= 11 is 3.33. The molecule has 0 radical (unpaired) electrons. The highest BCUT2D eigenvalue weighted by Crippen LogP contribution is 2.28. The van der Waals surface area contributed by atoms with Gasteiger partial charge in [0.1, 0.15) is 11.5 Å². The normalized spacial score (nSPS) is 10.5. The fourth-order valence-corrected chi connectivity index (χ4v) is 3.05. The summed E-state index contributed by atoms with van der Waals surface area (Å²) in [7, 11) is 3.03. The molecule has 0 aromatic heterocycles. The van der Waals surface area contributed by atoms with E-state index in [2.05, 4.69) is 26.5 Å². The number of hydrogen-bond donors (Lipinski definition) is 1. The first kappa shape index (κ1) is 23.8. The van der Waals surface area contributed by atoms with E-state index in [-0.39, 0.29) is 12.4 Å². The van der Waals surface area contributed by atoms with Crippen molar-refractivity contribution in [1.29, 1.82) is 0 Å². The molecular formula is C24H21BrN2O6. The fraction of sp³-hybridized carbons (Fsp3) is 0.125. The third-order valence-corrected chi connectivity index (χ3v) is 4.78. The lowest BCUT2D eigenvalue weighted by molar-refractivity contribution is -0.123. The van der Waals surface area contributed by atoms with Gasteiger partial charge < -0.3 is 18.9 Å². The first-order valence-electron chi connectivity index (χ1n) is 9.73. The Labute approximate surface area is 199 Å². The lowest BCUT2D eigenvalue weighted by Gasteiger charge is -2.10. The molecule has 1 amide bonds. The molecule has 1 N–H and O–H groups in total. The standard InChI is InChI=1S/C24H21BrN2O6/c1-30-19-7-9-20(10-8-19)32-15-23(28)27-26-14-16-6-11-21(22(12-16)31-2)33-24(29)17-4-3-5-18(25)13-17/h3-14H,15H2,1-2H3,(H,27,28)/b26-14-. The molecule has 9 heteroatoms. The number of rotatable bonds is 9. The summed E-state index contributed by atoms with van der Waals surface area (Å²) in [5.74, 6) is 0.898. The van der Waals surface area contributed by atoms with Gasteiger partial charge in [0.05, 0.1) is 26.0 Å². The van der Waals surface area contributed by atoms with Gasteiger partial charge in [-0.05, 0) is 66.2 Å². The van der Waals surface area contributed by atoms with Gasteiger partial charge in [-0.15, -0.1) is 0 Å². The molecule has 0 atom stereocenters. The van der Waals surface area contributed by atoms with Crippen molar-refractivity contribution < 1.29 is 28.5 Å². The molecule has 0 unspecified atom stereocenters. The van der Waals surface area contributed by atoms with Crippen LogP contribution in [0, 0.1) is 0 Å². The van der Waals surface area contributed by atoms with Crippen molar-refractivity contribution in [3.8, 4) is 23.0 Å². The Kier molecular flexibility index (Phi) is 8.43. The van der Waals surface area contributed by atoms with E-state index in [0.29, 0.717) is 28.4 Å². The number of methoxy groups -OCH3 is 2. The molecule has 0 aliphatic rings. The van der Waals surface area contributed by atoms with Crippen LogP contribution in [-0.4, -0.2) is 38.9 Å². The quantitative estimate of drug-likeness (QED) is 0.199. The smallest absolute Gasteiger partial charge is 0.343 e. The van der Waals surface area contributed by atoms with Gasteiger partial charge in [-0.3, -0.25) is 4.79 Å². The van der Waals surface area contributed by atoms with Gasteiger partial charge in [0.25, 0.3) is 5.91 Å². The van der Waals surface area contributed by atoms with Crippen LogP contribution >= 0.6 is 15.9 Å². The number of nitrogens with one attached hydrogen (secondary N) is 1. The molecule has 170 valence electrons. The molecule has 33 heavy (non-hydrogen) atoms. The minimum Gasteiger partial charge on any atom is -0.497 e. The van der Waals surface area contributed by atoms with E-state index >= 15 is 0 Å². The second kappa shape index (κ2) is 11.7. The Morgan fingerprint density at radius 3 is 2.39 bits per heavy atom. The molecule has 0 saturated heterocycles. The monoisotopic (exact) mass is 512 g/mol. The number of benzene rings is 3. The van der Waals surface area contributed by atoms with Crippen LogP contribution in [0.1, 0.15) is 15.9 Å². The topological polar surface area (TPSA) is 95.5 Å². The number of halogens is 1. The van der Waals surface area contributed by atoms with E-state index in [4.69, 9.17) is 18.9 Å². The second-order valence-electron chi connectivity index (χ2n) is 6.57. The van der Waals surface area contributed by atoms with Crippen LogP contribution in [0.5, 0.6) is 23.0 Å². The Hall–Kier alpha value is -3.85. The maximum absolute atomic E-state index is 12.4. The van der Waals surface area contributed by atoms with E-state index in [0.717, 1.165) is 4.47 Å². The van der Waals surface area contributed by atoms with Crippen LogP contribution in [0.25, 0.3) is 0 Å². The molecule has 3 aromatic rings. The summed E-state index contributed by atoms with van der Waals surface area (Å²) in [6, 6.07) is 18.6. The number of hydrazone groups is 1. The minimum atomic E-state index is -0.514. The van der Waals surface area contributed by atoms with E-state index < -0.39 is 11.9 Å². The maximum Gasteiger partial charge on any atom is 0.343 e. The molecule has 0 spiro atoms. The van der Waals surface area contributed by atoms with E-state index in [9.17, 15) is 9.59 Å². The van der Waals surface area contributed by atoms with Gasteiger partial charge in [0.15, 0.2) is 18.1 Å². The number of esters is 1. The number of hydrogen-bond acceptors (Lipinski definition) is 7. The maximum atomic E-state index is 12.4. The van der Waals surface area contributed by atoms with Crippen molar-refractivity contribution in [2.75, 3.05) is 20.8 Å². The number of carbonyl (C=O) groups excluding carboxylic acids is 2. The lowest BCUT2D eigenvalue weighted by atomic mass is 10.2. The zero-order valence-electron chi connectivity index (χ0n) is 17.9. The SMILES string of the molecule is COc1ccc(OCC(=O)N/N=C\c2ccc(OC(=O)c3cccc(Br)c3)c(OC)c2)cc1. The third kappa shape index (κ3) is 7.08. The average molecular weight is 513 g/mol. The number of ether oxygens (including phenoxy) is 4.